The molecule has 9 nitrogen and oxygen atoms in total. The van der Waals surface area contributed by atoms with E-state index in [0.717, 1.165) is 11.3 Å². The van der Waals surface area contributed by atoms with Crippen molar-refractivity contribution in [3.63, 3.8) is 0 Å². The molecule has 3 heterocycles. The first kappa shape index (κ1) is 24.7. The van der Waals surface area contributed by atoms with Crippen molar-refractivity contribution in [2.75, 3.05) is 18.4 Å². The van der Waals surface area contributed by atoms with Gasteiger partial charge in [-0.15, -0.1) is 0 Å². The molecule has 1 unspecified atom stereocenters. The monoisotopic (exact) mass is 500 g/mol. The van der Waals surface area contributed by atoms with E-state index in [2.05, 4.69) is 27.4 Å². The zero-order valence-electron chi connectivity index (χ0n) is 20.9. The molecule has 1 fully saturated rings. The summed E-state index contributed by atoms with van der Waals surface area (Å²) in [6.45, 7) is 3.41. The lowest BCUT2D eigenvalue weighted by molar-refractivity contribution is -0.136. The molecule has 1 aliphatic rings. The molecule has 3 N–H and O–H groups in total. The number of aromatic nitrogens is 4. The van der Waals surface area contributed by atoms with E-state index in [1.165, 1.54) is 10.9 Å². The van der Waals surface area contributed by atoms with Gasteiger partial charge in [0.15, 0.2) is 11.3 Å². The number of rotatable bonds is 8. The van der Waals surface area contributed by atoms with Crippen molar-refractivity contribution in [2.45, 2.75) is 50.7 Å². The van der Waals surface area contributed by atoms with Crippen molar-refractivity contribution in [3.8, 4) is 0 Å². The Balaban J connectivity index is 1.17. The van der Waals surface area contributed by atoms with Gasteiger partial charge in [-0.05, 0) is 42.9 Å². The highest BCUT2D eigenvalue weighted by atomic mass is 16.3. The first-order valence-electron chi connectivity index (χ1n) is 12.7. The van der Waals surface area contributed by atoms with Gasteiger partial charge in [0.1, 0.15) is 5.52 Å². The van der Waals surface area contributed by atoms with Gasteiger partial charge < -0.3 is 15.3 Å². The molecular formula is C28H32N6O3. The number of para-hydroxylation sites is 1. The number of nitrogens with zero attached hydrogens (tertiary/aromatic N) is 4. The highest BCUT2D eigenvalue weighted by molar-refractivity contribution is 5.86. The number of carbonyl (C=O) groups excluding carboxylic acids is 1. The Hall–Kier alpha value is -3.98. The zero-order chi connectivity index (χ0) is 25.8. The maximum Gasteiger partial charge on any atom is 0.281 e. The van der Waals surface area contributed by atoms with Crippen molar-refractivity contribution in [1.29, 1.82) is 0 Å². The average Bonchev–Trinajstić information content (AvgIpc) is 3.33. The molecule has 5 rings (SSSR count). The Morgan fingerprint density at radius 3 is 2.46 bits per heavy atom. The van der Waals surface area contributed by atoms with Crippen LogP contribution in [0, 0.1) is 0 Å². The molecule has 0 bridgehead atoms. The summed E-state index contributed by atoms with van der Waals surface area (Å²) >= 11 is 0. The molecule has 1 aliphatic heterocycles. The Morgan fingerprint density at radius 2 is 1.76 bits per heavy atom. The number of anilines is 2. The second-order valence-electron chi connectivity index (χ2n) is 9.90. The molecule has 2 aromatic heterocycles. The molecule has 2 aromatic carbocycles. The van der Waals surface area contributed by atoms with Crippen LogP contribution < -0.4 is 10.9 Å². The number of amides is 1. The van der Waals surface area contributed by atoms with E-state index in [0.29, 0.717) is 56.7 Å². The number of carbonyl (C=O) groups is 1. The molecule has 0 aliphatic carbocycles. The minimum atomic E-state index is -0.929. The third-order valence-corrected chi connectivity index (χ3v) is 7.29. The molecule has 0 saturated carbocycles. The minimum Gasteiger partial charge on any atom is -0.390 e. The highest BCUT2D eigenvalue weighted by Gasteiger charge is 2.34. The predicted octanol–water partition coefficient (Wildman–Crippen LogP) is 3.80. The quantitative estimate of drug-likeness (QED) is 0.339. The van der Waals surface area contributed by atoms with E-state index in [-0.39, 0.29) is 22.9 Å². The fraction of sp³-hybridized carbons (Fsp3) is 0.357. The third kappa shape index (κ3) is 5.56. The van der Waals surface area contributed by atoms with Gasteiger partial charge in [-0.1, -0.05) is 55.5 Å². The Labute approximate surface area is 215 Å². The maximum absolute atomic E-state index is 13.0. The second-order valence-corrected chi connectivity index (χ2v) is 9.90. The van der Waals surface area contributed by atoms with Crippen molar-refractivity contribution in [3.05, 3.63) is 82.9 Å². The number of H-pyrrole nitrogens is 1. The van der Waals surface area contributed by atoms with E-state index in [4.69, 9.17) is 0 Å². The SMILES string of the molecule is CC(CC(=O)N1CCC(O)(CCn2cnc3c(Nc4ccccc4)[nH]nc3c2=O)CC1)c1ccccc1. The van der Waals surface area contributed by atoms with Gasteiger partial charge >= 0.3 is 0 Å². The molecule has 9 heteroatoms. The lowest BCUT2D eigenvalue weighted by Gasteiger charge is -2.38. The smallest absolute Gasteiger partial charge is 0.281 e. The van der Waals surface area contributed by atoms with E-state index >= 15 is 0 Å². The molecule has 192 valence electrons. The predicted molar refractivity (Wildman–Crippen MR) is 143 cm³/mol. The number of aromatic amines is 1. The van der Waals surface area contributed by atoms with Crippen LogP contribution >= 0.6 is 0 Å². The maximum atomic E-state index is 13.0. The number of aryl methyl sites for hydroxylation is 1. The lowest BCUT2D eigenvalue weighted by Crippen LogP contribution is -2.47. The van der Waals surface area contributed by atoms with Crippen LogP contribution in [-0.4, -0.2) is 54.4 Å². The summed E-state index contributed by atoms with van der Waals surface area (Å²) in [5, 5.41) is 21.4. The summed E-state index contributed by atoms with van der Waals surface area (Å²) in [7, 11) is 0. The number of piperidine rings is 1. The van der Waals surface area contributed by atoms with Crippen LogP contribution in [0.25, 0.3) is 11.0 Å². The van der Waals surface area contributed by atoms with Crippen LogP contribution in [0.15, 0.2) is 71.8 Å². The number of likely N-dealkylation sites (tertiary alicyclic amines) is 1. The van der Waals surface area contributed by atoms with Crippen LogP contribution in [0.5, 0.6) is 0 Å². The summed E-state index contributed by atoms with van der Waals surface area (Å²) in [6.07, 6.45) is 3.33. The normalized spacial score (nSPS) is 16.0. The molecular weight excluding hydrogens is 468 g/mol. The van der Waals surface area contributed by atoms with Crippen molar-refractivity contribution in [1.82, 2.24) is 24.6 Å². The van der Waals surface area contributed by atoms with Crippen LogP contribution in [0.2, 0.25) is 0 Å². The second kappa shape index (κ2) is 10.6. The van der Waals surface area contributed by atoms with Gasteiger partial charge in [0.05, 0.1) is 11.9 Å². The first-order chi connectivity index (χ1) is 17.9. The fourth-order valence-corrected chi connectivity index (χ4v) is 4.88. The van der Waals surface area contributed by atoms with Crippen molar-refractivity contribution < 1.29 is 9.90 Å². The van der Waals surface area contributed by atoms with E-state index in [9.17, 15) is 14.7 Å². The Morgan fingerprint density at radius 1 is 1.08 bits per heavy atom. The number of hydrogen-bond donors (Lipinski definition) is 3. The van der Waals surface area contributed by atoms with Gasteiger partial charge in [0.25, 0.3) is 5.56 Å². The van der Waals surface area contributed by atoms with E-state index in [1.54, 1.807) is 0 Å². The third-order valence-electron chi connectivity index (χ3n) is 7.29. The first-order valence-corrected chi connectivity index (χ1v) is 12.7. The number of aliphatic hydroxyl groups is 1. The zero-order valence-corrected chi connectivity index (χ0v) is 20.9. The van der Waals surface area contributed by atoms with Gasteiger partial charge in [-0.3, -0.25) is 19.3 Å². The van der Waals surface area contributed by atoms with Crippen LogP contribution in [0.3, 0.4) is 0 Å². The number of benzene rings is 2. The average molecular weight is 501 g/mol. The number of fused-ring (bicyclic) bond motifs is 1. The van der Waals surface area contributed by atoms with Crippen molar-refractivity contribution in [2.24, 2.45) is 0 Å². The molecule has 0 spiro atoms. The van der Waals surface area contributed by atoms with Crippen molar-refractivity contribution >= 4 is 28.4 Å². The minimum absolute atomic E-state index is 0.114. The molecule has 4 aromatic rings. The Bertz CT molecular complexity index is 1410. The van der Waals surface area contributed by atoms with Crippen LogP contribution in [-0.2, 0) is 11.3 Å². The van der Waals surface area contributed by atoms with Gasteiger partial charge in [-0.25, -0.2) is 4.98 Å². The largest absolute Gasteiger partial charge is 0.390 e. The molecule has 1 atom stereocenters. The summed E-state index contributed by atoms with van der Waals surface area (Å²) in [5.74, 6) is 0.819. The molecule has 0 radical (unpaired) electrons. The van der Waals surface area contributed by atoms with Crippen LogP contribution in [0.1, 0.15) is 44.1 Å². The van der Waals surface area contributed by atoms with Gasteiger partial charge in [0.2, 0.25) is 5.91 Å². The summed E-state index contributed by atoms with van der Waals surface area (Å²) in [6, 6.07) is 19.6. The van der Waals surface area contributed by atoms with Gasteiger partial charge in [-0.2, -0.15) is 5.10 Å². The van der Waals surface area contributed by atoms with E-state index < -0.39 is 5.60 Å². The Kier molecular flexibility index (Phi) is 7.05. The lowest BCUT2D eigenvalue weighted by atomic mass is 9.87. The van der Waals surface area contributed by atoms with Gasteiger partial charge in [0, 0.05) is 31.7 Å². The molecule has 37 heavy (non-hydrogen) atoms. The summed E-state index contributed by atoms with van der Waals surface area (Å²) in [4.78, 5) is 32.1. The number of nitrogens with one attached hydrogen (secondary N) is 2. The van der Waals surface area contributed by atoms with E-state index in [1.807, 2.05) is 65.6 Å². The summed E-state index contributed by atoms with van der Waals surface area (Å²) < 4.78 is 1.49. The van der Waals surface area contributed by atoms with Crippen LogP contribution in [0.4, 0.5) is 11.5 Å². The molecule has 1 saturated heterocycles. The number of hydrogen-bond acceptors (Lipinski definition) is 6. The summed E-state index contributed by atoms with van der Waals surface area (Å²) in [5.41, 5.74) is 1.55. The fourth-order valence-electron chi connectivity index (χ4n) is 4.88. The molecule has 1 amide bonds. The highest BCUT2D eigenvalue weighted by Crippen LogP contribution is 2.28. The topological polar surface area (TPSA) is 116 Å². The standard InChI is InChI=1S/C28H32N6O3/c1-20(21-8-4-2-5-9-21)18-23(35)33-15-12-28(37,13-16-33)14-17-34-19-29-24-25(27(34)36)31-32-26(24)30-22-10-6-3-7-11-22/h2-11,19-20,37H,12-18H2,1H3,(H2,30,31,32).